The van der Waals surface area contributed by atoms with Gasteiger partial charge in [-0.05, 0) is 12.8 Å². The molecule has 1 rings (SSSR count). The Bertz CT molecular complexity index is 448. The standard InChI is InChI=1S/C11H20N2O5S/c1-8(11(15)16)6-12-10(14)9-4-3-5-13(7-9)19(2,17)18/h8-9H,3-7H2,1-2H3,(H,12,14)(H,15,16). The number of sulfonamides is 1. The maximum absolute atomic E-state index is 11.9. The lowest BCUT2D eigenvalue weighted by Crippen LogP contribution is -2.46. The van der Waals surface area contributed by atoms with Crippen LogP contribution in [0.3, 0.4) is 0 Å². The van der Waals surface area contributed by atoms with Gasteiger partial charge in [-0.3, -0.25) is 9.59 Å². The molecule has 1 amide bonds. The van der Waals surface area contributed by atoms with E-state index >= 15 is 0 Å². The molecule has 2 unspecified atom stereocenters. The van der Waals surface area contributed by atoms with Gasteiger partial charge in [0.25, 0.3) is 0 Å². The third-order valence-corrected chi connectivity index (χ3v) is 4.50. The van der Waals surface area contributed by atoms with Crippen molar-refractivity contribution in [1.29, 1.82) is 0 Å². The molecule has 1 heterocycles. The molecule has 0 bridgehead atoms. The van der Waals surface area contributed by atoms with Crippen LogP contribution >= 0.6 is 0 Å². The highest BCUT2D eigenvalue weighted by molar-refractivity contribution is 7.88. The van der Waals surface area contributed by atoms with Crippen LogP contribution in [0.4, 0.5) is 0 Å². The number of carboxylic acids is 1. The molecule has 0 aromatic rings. The molecule has 2 N–H and O–H groups in total. The van der Waals surface area contributed by atoms with Crippen molar-refractivity contribution in [2.75, 3.05) is 25.9 Å². The van der Waals surface area contributed by atoms with Crippen LogP contribution in [0.15, 0.2) is 0 Å². The second-order valence-corrected chi connectivity index (χ2v) is 6.93. The van der Waals surface area contributed by atoms with E-state index in [1.165, 1.54) is 11.2 Å². The Morgan fingerprint density at radius 2 is 2.11 bits per heavy atom. The van der Waals surface area contributed by atoms with Gasteiger partial charge in [0.05, 0.1) is 18.1 Å². The van der Waals surface area contributed by atoms with Crippen LogP contribution in [0.25, 0.3) is 0 Å². The maximum atomic E-state index is 11.9. The molecule has 7 nitrogen and oxygen atoms in total. The summed E-state index contributed by atoms with van der Waals surface area (Å²) in [6.07, 6.45) is 2.39. The molecule has 8 heteroatoms. The molecule has 1 fully saturated rings. The summed E-state index contributed by atoms with van der Waals surface area (Å²) in [5.41, 5.74) is 0. The van der Waals surface area contributed by atoms with Crippen LogP contribution in [0, 0.1) is 11.8 Å². The summed E-state index contributed by atoms with van der Waals surface area (Å²) >= 11 is 0. The fourth-order valence-corrected chi connectivity index (χ4v) is 2.85. The molecule has 0 aromatic heterocycles. The van der Waals surface area contributed by atoms with E-state index < -0.39 is 27.8 Å². The topological polar surface area (TPSA) is 104 Å². The third-order valence-electron chi connectivity index (χ3n) is 3.23. The van der Waals surface area contributed by atoms with Crippen molar-refractivity contribution in [2.24, 2.45) is 11.8 Å². The Labute approximate surface area is 113 Å². The molecule has 110 valence electrons. The van der Waals surface area contributed by atoms with Gasteiger partial charge < -0.3 is 10.4 Å². The fraction of sp³-hybridized carbons (Fsp3) is 0.818. The molecular weight excluding hydrogens is 272 g/mol. The van der Waals surface area contributed by atoms with Gasteiger partial charge in [0.2, 0.25) is 15.9 Å². The molecule has 0 saturated carbocycles. The Morgan fingerprint density at radius 3 is 2.63 bits per heavy atom. The minimum Gasteiger partial charge on any atom is -0.481 e. The number of carboxylic acid groups (broad SMARTS) is 1. The van der Waals surface area contributed by atoms with E-state index in [-0.39, 0.29) is 19.0 Å². The van der Waals surface area contributed by atoms with Crippen LogP contribution in [0.2, 0.25) is 0 Å². The molecule has 1 saturated heterocycles. The van der Waals surface area contributed by atoms with Gasteiger partial charge in [-0.2, -0.15) is 0 Å². The molecular formula is C11H20N2O5S. The summed E-state index contributed by atoms with van der Waals surface area (Å²) in [6, 6.07) is 0. The number of hydrogen-bond donors (Lipinski definition) is 2. The lowest BCUT2D eigenvalue weighted by Gasteiger charge is -2.30. The largest absolute Gasteiger partial charge is 0.481 e. The van der Waals surface area contributed by atoms with Crippen LogP contribution in [0.5, 0.6) is 0 Å². The quantitative estimate of drug-likeness (QED) is 0.710. The molecule has 19 heavy (non-hydrogen) atoms. The second kappa shape index (κ2) is 6.33. The predicted molar refractivity (Wildman–Crippen MR) is 69.0 cm³/mol. The number of nitrogens with zero attached hydrogens (tertiary/aromatic N) is 1. The molecule has 0 aliphatic carbocycles. The Balaban J connectivity index is 2.51. The van der Waals surface area contributed by atoms with Gasteiger partial charge in [0, 0.05) is 19.6 Å². The highest BCUT2D eigenvalue weighted by atomic mass is 32.2. The second-order valence-electron chi connectivity index (χ2n) is 4.94. The van der Waals surface area contributed by atoms with E-state index in [4.69, 9.17) is 5.11 Å². The van der Waals surface area contributed by atoms with E-state index in [9.17, 15) is 18.0 Å². The summed E-state index contributed by atoms with van der Waals surface area (Å²) in [7, 11) is -3.28. The SMILES string of the molecule is CC(CNC(=O)C1CCCN(S(C)(=O)=O)C1)C(=O)O. The Hall–Kier alpha value is -1.15. The molecule has 0 spiro atoms. The number of nitrogens with one attached hydrogen (secondary N) is 1. The van der Waals surface area contributed by atoms with Crippen LogP contribution < -0.4 is 5.32 Å². The van der Waals surface area contributed by atoms with Gasteiger partial charge >= 0.3 is 5.97 Å². The zero-order chi connectivity index (χ0) is 14.6. The smallest absolute Gasteiger partial charge is 0.308 e. The fourth-order valence-electron chi connectivity index (χ4n) is 1.94. The first-order chi connectivity index (χ1) is 8.71. The van der Waals surface area contributed by atoms with E-state index in [2.05, 4.69) is 5.32 Å². The molecule has 0 aromatic carbocycles. The van der Waals surface area contributed by atoms with E-state index in [1.807, 2.05) is 0 Å². The number of carbonyl (C=O) groups is 2. The summed E-state index contributed by atoms with van der Waals surface area (Å²) in [6.45, 7) is 2.18. The zero-order valence-electron chi connectivity index (χ0n) is 11.1. The first kappa shape index (κ1) is 15.9. The van der Waals surface area contributed by atoms with Gasteiger partial charge in [-0.15, -0.1) is 0 Å². The highest BCUT2D eigenvalue weighted by Crippen LogP contribution is 2.18. The minimum atomic E-state index is -3.28. The van der Waals surface area contributed by atoms with Crippen molar-refractivity contribution >= 4 is 21.9 Å². The zero-order valence-corrected chi connectivity index (χ0v) is 11.9. The van der Waals surface area contributed by atoms with Crippen molar-refractivity contribution < 1.29 is 23.1 Å². The summed E-state index contributed by atoms with van der Waals surface area (Å²) in [4.78, 5) is 22.5. The first-order valence-electron chi connectivity index (χ1n) is 6.17. The van der Waals surface area contributed by atoms with Gasteiger partial charge in [0.15, 0.2) is 0 Å². The van der Waals surface area contributed by atoms with Crippen LogP contribution in [-0.2, 0) is 19.6 Å². The Kier molecular flexibility index (Phi) is 5.30. The molecule has 1 aliphatic rings. The molecule has 0 radical (unpaired) electrons. The number of amides is 1. The summed E-state index contributed by atoms with van der Waals surface area (Å²) in [5.74, 6) is -2.30. The van der Waals surface area contributed by atoms with Gasteiger partial charge in [-0.25, -0.2) is 12.7 Å². The van der Waals surface area contributed by atoms with Crippen molar-refractivity contribution in [3.8, 4) is 0 Å². The van der Waals surface area contributed by atoms with E-state index in [1.54, 1.807) is 0 Å². The normalized spacial score (nSPS) is 22.7. The van der Waals surface area contributed by atoms with Crippen molar-refractivity contribution in [1.82, 2.24) is 9.62 Å². The van der Waals surface area contributed by atoms with Crippen LogP contribution in [-0.4, -0.2) is 55.6 Å². The van der Waals surface area contributed by atoms with E-state index in [0.717, 1.165) is 6.26 Å². The number of piperidine rings is 1. The van der Waals surface area contributed by atoms with Crippen molar-refractivity contribution in [2.45, 2.75) is 19.8 Å². The van der Waals surface area contributed by atoms with Crippen molar-refractivity contribution in [3.05, 3.63) is 0 Å². The first-order valence-corrected chi connectivity index (χ1v) is 8.02. The monoisotopic (exact) mass is 292 g/mol. The highest BCUT2D eigenvalue weighted by Gasteiger charge is 2.30. The summed E-state index contributed by atoms with van der Waals surface area (Å²) < 4.78 is 24.1. The number of aliphatic carboxylic acids is 1. The molecule has 1 aliphatic heterocycles. The lowest BCUT2D eigenvalue weighted by molar-refractivity contribution is -0.141. The maximum Gasteiger partial charge on any atom is 0.308 e. The van der Waals surface area contributed by atoms with Crippen molar-refractivity contribution in [3.63, 3.8) is 0 Å². The average molecular weight is 292 g/mol. The summed E-state index contributed by atoms with van der Waals surface area (Å²) in [5, 5.41) is 11.3. The number of hydrogen-bond acceptors (Lipinski definition) is 4. The predicted octanol–water partition coefficient (Wildman–Crippen LogP) is -0.505. The molecule has 2 atom stereocenters. The lowest BCUT2D eigenvalue weighted by atomic mass is 9.98. The van der Waals surface area contributed by atoms with Gasteiger partial charge in [0.1, 0.15) is 0 Å². The third kappa shape index (κ3) is 4.79. The minimum absolute atomic E-state index is 0.0591. The van der Waals surface area contributed by atoms with E-state index in [0.29, 0.717) is 19.4 Å². The number of carbonyl (C=O) groups excluding carboxylic acids is 1. The average Bonchev–Trinajstić information content (AvgIpc) is 2.34. The Morgan fingerprint density at radius 1 is 1.47 bits per heavy atom. The number of rotatable bonds is 5. The van der Waals surface area contributed by atoms with Crippen LogP contribution in [0.1, 0.15) is 19.8 Å². The van der Waals surface area contributed by atoms with Gasteiger partial charge in [-0.1, -0.05) is 6.92 Å².